The van der Waals surface area contributed by atoms with Crippen molar-refractivity contribution < 1.29 is 8.42 Å². The van der Waals surface area contributed by atoms with E-state index in [0.29, 0.717) is 10.8 Å². The fourth-order valence-electron chi connectivity index (χ4n) is 2.70. The summed E-state index contributed by atoms with van der Waals surface area (Å²) in [5.41, 5.74) is 0. The zero-order chi connectivity index (χ0) is 16.3. The van der Waals surface area contributed by atoms with Crippen LogP contribution >= 0.6 is 22.7 Å². The topological polar surface area (TPSA) is 52.6 Å². The van der Waals surface area contributed by atoms with Crippen LogP contribution in [0.1, 0.15) is 10.9 Å². The van der Waals surface area contributed by atoms with Crippen LogP contribution in [-0.2, 0) is 10.0 Å². The molecule has 1 unspecified atom stereocenters. The maximum absolute atomic E-state index is 12.4. The number of nitrogens with one attached hydrogen (secondary N) is 1. The van der Waals surface area contributed by atoms with Crippen molar-refractivity contribution in [3.8, 4) is 0 Å². The number of rotatable bonds is 6. The Labute approximate surface area is 145 Å². The molecule has 1 saturated heterocycles. The van der Waals surface area contributed by atoms with Gasteiger partial charge in [-0.3, -0.25) is 4.90 Å². The van der Waals surface area contributed by atoms with Crippen LogP contribution in [-0.4, -0.2) is 58.0 Å². The van der Waals surface area contributed by atoms with Crippen molar-refractivity contribution in [1.29, 1.82) is 0 Å². The molecule has 3 heterocycles. The van der Waals surface area contributed by atoms with Crippen molar-refractivity contribution in [3.05, 3.63) is 39.9 Å². The minimum Gasteiger partial charge on any atom is -0.304 e. The third kappa shape index (κ3) is 4.20. The number of piperazine rings is 1. The largest absolute Gasteiger partial charge is 0.304 e. The molecule has 0 radical (unpaired) electrons. The monoisotopic (exact) mass is 371 g/mol. The SMILES string of the molecule is CN1CCN(C(CNS(=O)(=O)c2cccs2)c2cccs2)CC1. The average molecular weight is 372 g/mol. The van der Waals surface area contributed by atoms with Crippen molar-refractivity contribution in [3.63, 3.8) is 0 Å². The second kappa shape index (κ2) is 7.42. The molecule has 2 aromatic rings. The molecule has 126 valence electrons. The van der Waals surface area contributed by atoms with Gasteiger partial charge in [-0.1, -0.05) is 12.1 Å². The Hall–Kier alpha value is -0.770. The summed E-state index contributed by atoms with van der Waals surface area (Å²) in [6.45, 7) is 4.35. The molecule has 0 amide bonds. The fraction of sp³-hybridized carbons (Fsp3) is 0.467. The summed E-state index contributed by atoms with van der Waals surface area (Å²) in [5.74, 6) is 0. The van der Waals surface area contributed by atoms with E-state index < -0.39 is 10.0 Å². The molecule has 0 spiro atoms. The van der Waals surface area contributed by atoms with Gasteiger partial charge in [0.2, 0.25) is 10.0 Å². The lowest BCUT2D eigenvalue weighted by atomic mass is 10.2. The highest BCUT2D eigenvalue weighted by atomic mass is 32.2. The molecule has 8 heteroatoms. The summed E-state index contributed by atoms with van der Waals surface area (Å²) in [6.07, 6.45) is 0. The van der Waals surface area contributed by atoms with E-state index in [-0.39, 0.29) is 6.04 Å². The lowest BCUT2D eigenvalue weighted by molar-refractivity contribution is 0.114. The van der Waals surface area contributed by atoms with Crippen LogP contribution in [0.3, 0.4) is 0 Å². The van der Waals surface area contributed by atoms with Crippen LogP contribution in [0.15, 0.2) is 39.2 Å². The highest BCUT2D eigenvalue weighted by molar-refractivity contribution is 7.91. The standard InChI is InChI=1S/C15H21N3O2S3/c1-17-6-8-18(9-7-17)13(14-4-2-10-21-14)12-16-23(19,20)15-5-3-11-22-15/h2-5,10-11,13,16H,6-9,12H2,1H3. The molecule has 0 aromatic carbocycles. The number of hydrogen-bond donors (Lipinski definition) is 1. The van der Waals surface area contributed by atoms with E-state index in [1.807, 2.05) is 11.4 Å². The normalized spacial score (nSPS) is 19.0. The molecule has 23 heavy (non-hydrogen) atoms. The van der Waals surface area contributed by atoms with Gasteiger partial charge < -0.3 is 4.90 Å². The van der Waals surface area contributed by atoms with Gasteiger partial charge in [-0.25, -0.2) is 13.1 Å². The van der Waals surface area contributed by atoms with Crippen LogP contribution < -0.4 is 4.72 Å². The van der Waals surface area contributed by atoms with Crippen molar-refractivity contribution >= 4 is 32.7 Å². The maximum Gasteiger partial charge on any atom is 0.250 e. The Kier molecular flexibility index (Phi) is 5.50. The number of nitrogens with zero attached hydrogens (tertiary/aromatic N) is 2. The molecule has 1 aliphatic heterocycles. The first-order valence-electron chi connectivity index (χ1n) is 7.55. The summed E-state index contributed by atoms with van der Waals surface area (Å²) in [4.78, 5) is 5.89. The van der Waals surface area contributed by atoms with Gasteiger partial charge in [0.05, 0.1) is 6.04 Å². The Morgan fingerprint density at radius 1 is 1.13 bits per heavy atom. The summed E-state index contributed by atoms with van der Waals surface area (Å²) >= 11 is 2.93. The summed E-state index contributed by atoms with van der Waals surface area (Å²) < 4.78 is 27.9. The van der Waals surface area contributed by atoms with E-state index in [2.05, 4.69) is 27.6 Å². The highest BCUT2D eigenvalue weighted by Crippen LogP contribution is 2.26. The van der Waals surface area contributed by atoms with Gasteiger partial charge in [-0.2, -0.15) is 0 Å². The first kappa shape index (κ1) is 17.1. The molecule has 0 bridgehead atoms. The molecule has 1 aliphatic rings. The number of likely N-dealkylation sites (N-methyl/N-ethyl adjacent to an activating group) is 1. The molecular formula is C15H21N3O2S3. The molecule has 5 nitrogen and oxygen atoms in total. The third-order valence-electron chi connectivity index (χ3n) is 4.08. The smallest absolute Gasteiger partial charge is 0.250 e. The zero-order valence-corrected chi connectivity index (χ0v) is 15.5. The van der Waals surface area contributed by atoms with Gasteiger partial charge in [-0.15, -0.1) is 22.7 Å². The average Bonchev–Trinajstić information content (AvgIpc) is 3.23. The van der Waals surface area contributed by atoms with Gasteiger partial charge in [0.15, 0.2) is 0 Å². The van der Waals surface area contributed by atoms with E-state index >= 15 is 0 Å². The molecule has 2 aromatic heterocycles. The second-order valence-corrected chi connectivity index (χ2v) is 9.58. The summed E-state index contributed by atoms with van der Waals surface area (Å²) in [7, 11) is -1.29. The van der Waals surface area contributed by atoms with E-state index in [1.54, 1.807) is 28.8 Å². The van der Waals surface area contributed by atoms with Crippen molar-refractivity contribution in [2.24, 2.45) is 0 Å². The van der Waals surface area contributed by atoms with Gasteiger partial charge in [0.25, 0.3) is 0 Å². The van der Waals surface area contributed by atoms with Crippen LogP contribution in [0.5, 0.6) is 0 Å². The first-order chi connectivity index (χ1) is 11.1. The van der Waals surface area contributed by atoms with E-state index in [9.17, 15) is 8.42 Å². The molecule has 3 rings (SSSR count). The van der Waals surface area contributed by atoms with Gasteiger partial charge in [0, 0.05) is 37.6 Å². The zero-order valence-electron chi connectivity index (χ0n) is 13.0. The van der Waals surface area contributed by atoms with Crippen molar-refractivity contribution in [1.82, 2.24) is 14.5 Å². The van der Waals surface area contributed by atoms with Crippen LogP contribution in [0.2, 0.25) is 0 Å². The van der Waals surface area contributed by atoms with Gasteiger partial charge in [0.1, 0.15) is 4.21 Å². The molecule has 0 aliphatic carbocycles. The quantitative estimate of drug-likeness (QED) is 0.845. The number of sulfonamides is 1. The minimum atomic E-state index is -3.42. The Morgan fingerprint density at radius 3 is 2.43 bits per heavy atom. The van der Waals surface area contributed by atoms with Gasteiger partial charge in [-0.05, 0) is 29.9 Å². The van der Waals surface area contributed by atoms with E-state index in [4.69, 9.17) is 0 Å². The van der Waals surface area contributed by atoms with E-state index in [1.165, 1.54) is 16.2 Å². The Bertz CT molecular complexity index is 690. The predicted octanol–water partition coefficient (Wildman–Crippen LogP) is 2.08. The van der Waals surface area contributed by atoms with Crippen LogP contribution in [0, 0.1) is 0 Å². The Balaban J connectivity index is 1.72. The molecule has 0 saturated carbocycles. The molecular weight excluding hydrogens is 350 g/mol. The fourth-order valence-corrected chi connectivity index (χ4v) is 5.64. The number of hydrogen-bond acceptors (Lipinski definition) is 6. The lowest BCUT2D eigenvalue weighted by Gasteiger charge is -2.37. The van der Waals surface area contributed by atoms with Crippen LogP contribution in [0.4, 0.5) is 0 Å². The summed E-state index contributed by atoms with van der Waals surface area (Å²) in [6, 6.07) is 7.61. The van der Waals surface area contributed by atoms with Crippen molar-refractivity contribution in [2.45, 2.75) is 10.3 Å². The van der Waals surface area contributed by atoms with E-state index in [0.717, 1.165) is 26.2 Å². The maximum atomic E-state index is 12.4. The lowest BCUT2D eigenvalue weighted by Crippen LogP contribution is -2.48. The number of thiophene rings is 2. The Morgan fingerprint density at radius 2 is 1.83 bits per heavy atom. The van der Waals surface area contributed by atoms with Gasteiger partial charge >= 0.3 is 0 Å². The minimum absolute atomic E-state index is 0.0958. The molecule has 1 atom stereocenters. The second-order valence-electron chi connectivity index (χ2n) is 5.65. The van der Waals surface area contributed by atoms with Crippen molar-refractivity contribution in [2.75, 3.05) is 39.8 Å². The highest BCUT2D eigenvalue weighted by Gasteiger charge is 2.26. The third-order valence-corrected chi connectivity index (χ3v) is 7.87. The molecule has 1 N–H and O–H groups in total. The first-order valence-corrected chi connectivity index (χ1v) is 10.8. The predicted molar refractivity (Wildman–Crippen MR) is 95.6 cm³/mol. The molecule has 1 fully saturated rings. The van der Waals surface area contributed by atoms with Crippen LogP contribution in [0.25, 0.3) is 0 Å². The summed E-state index contributed by atoms with van der Waals surface area (Å²) in [5, 5.41) is 3.83.